The molecule has 0 amide bonds. The molecule has 2 heterocycles. The van der Waals surface area contributed by atoms with E-state index in [1.54, 1.807) is 0 Å². The summed E-state index contributed by atoms with van der Waals surface area (Å²) in [4.78, 5) is 7.21. The molecule has 1 aliphatic heterocycles. The molecule has 0 aliphatic carbocycles. The van der Waals surface area contributed by atoms with E-state index in [0.29, 0.717) is 12.1 Å². The fourth-order valence-corrected chi connectivity index (χ4v) is 3.44. The van der Waals surface area contributed by atoms with Gasteiger partial charge in [0.25, 0.3) is 0 Å². The number of aromatic nitrogens is 1. The van der Waals surface area contributed by atoms with Gasteiger partial charge in [0.2, 0.25) is 0 Å². The van der Waals surface area contributed by atoms with Gasteiger partial charge in [-0.2, -0.15) is 0 Å². The van der Waals surface area contributed by atoms with Gasteiger partial charge in [-0.25, -0.2) is 4.98 Å². The Morgan fingerprint density at radius 1 is 1.41 bits per heavy atom. The Morgan fingerprint density at radius 2 is 2.12 bits per heavy atom. The second-order valence-corrected chi connectivity index (χ2v) is 6.09. The summed E-state index contributed by atoms with van der Waals surface area (Å²) in [5, 5.41) is 7.08. The highest BCUT2D eigenvalue weighted by molar-refractivity contribution is 7.09. The molecular formula is C13H23N3S. The summed E-state index contributed by atoms with van der Waals surface area (Å²) in [5.41, 5.74) is 1.25. The highest BCUT2D eigenvalue weighted by Crippen LogP contribution is 2.15. The zero-order valence-electron chi connectivity index (χ0n) is 11.1. The van der Waals surface area contributed by atoms with E-state index in [1.165, 1.54) is 17.1 Å². The third kappa shape index (κ3) is 3.76. The second-order valence-electron chi connectivity index (χ2n) is 5.15. The number of rotatable bonds is 4. The Balaban J connectivity index is 1.90. The third-order valence-corrected chi connectivity index (χ3v) is 4.04. The molecule has 1 aliphatic rings. The molecule has 17 heavy (non-hydrogen) atoms. The Morgan fingerprint density at radius 3 is 2.76 bits per heavy atom. The molecule has 0 bridgehead atoms. The monoisotopic (exact) mass is 253 g/mol. The second kappa shape index (κ2) is 5.94. The number of hydrogen-bond donors (Lipinski definition) is 1. The van der Waals surface area contributed by atoms with Crippen LogP contribution in [0.2, 0.25) is 0 Å². The van der Waals surface area contributed by atoms with Gasteiger partial charge in [-0.05, 0) is 26.7 Å². The molecular weight excluding hydrogens is 230 g/mol. The molecule has 0 radical (unpaired) electrons. The number of piperazine rings is 1. The van der Waals surface area contributed by atoms with Crippen molar-refractivity contribution in [3.8, 4) is 0 Å². The van der Waals surface area contributed by atoms with Crippen LogP contribution in [0.4, 0.5) is 0 Å². The van der Waals surface area contributed by atoms with Crippen LogP contribution in [0.25, 0.3) is 0 Å². The topological polar surface area (TPSA) is 28.2 Å². The van der Waals surface area contributed by atoms with E-state index in [0.717, 1.165) is 26.1 Å². The summed E-state index contributed by atoms with van der Waals surface area (Å²) >= 11 is 1.81. The van der Waals surface area contributed by atoms with Gasteiger partial charge in [0, 0.05) is 37.1 Å². The van der Waals surface area contributed by atoms with Gasteiger partial charge in [-0.15, -0.1) is 11.3 Å². The number of nitrogens with zero attached hydrogens (tertiary/aromatic N) is 2. The highest BCUT2D eigenvalue weighted by Gasteiger charge is 2.21. The Bertz CT molecular complexity index is 340. The van der Waals surface area contributed by atoms with Crippen molar-refractivity contribution in [2.24, 2.45) is 0 Å². The van der Waals surface area contributed by atoms with Gasteiger partial charge in [0.15, 0.2) is 0 Å². The van der Waals surface area contributed by atoms with Crippen molar-refractivity contribution in [3.63, 3.8) is 0 Å². The average Bonchev–Trinajstić information content (AvgIpc) is 2.64. The van der Waals surface area contributed by atoms with Crippen molar-refractivity contribution < 1.29 is 0 Å². The first-order valence-corrected chi connectivity index (χ1v) is 7.47. The van der Waals surface area contributed by atoms with Crippen LogP contribution in [0.1, 0.15) is 37.9 Å². The van der Waals surface area contributed by atoms with E-state index in [1.807, 2.05) is 11.3 Å². The summed E-state index contributed by atoms with van der Waals surface area (Å²) < 4.78 is 0. The lowest BCUT2D eigenvalue weighted by Gasteiger charge is -2.35. The normalized spacial score (nSPS) is 26.3. The van der Waals surface area contributed by atoms with Gasteiger partial charge in [0.05, 0.1) is 10.7 Å². The minimum absolute atomic E-state index is 0.590. The highest BCUT2D eigenvalue weighted by atomic mass is 32.1. The Hall–Kier alpha value is -0.450. The van der Waals surface area contributed by atoms with Crippen molar-refractivity contribution in [1.82, 2.24) is 15.2 Å². The van der Waals surface area contributed by atoms with Crippen LogP contribution < -0.4 is 5.32 Å². The number of aryl methyl sites for hydroxylation is 1. The number of thiazole rings is 1. The molecule has 0 aromatic carbocycles. The average molecular weight is 253 g/mol. The SMILES string of the molecule is CCCc1nc(CN2CC(C)NC(C)C2)cs1. The summed E-state index contributed by atoms with van der Waals surface area (Å²) in [6.07, 6.45) is 2.31. The Labute approximate surface area is 108 Å². The maximum Gasteiger partial charge on any atom is 0.0928 e. The first kappa shape index (κ1) is 13.0. The predicted octanol–water partition coefficient (Wildman–Crippen LogP) is 2.28. The molecule has 3 nitrogen and oxygen atoms in total. The molecule has 4 heteroatoms. The summed E-state index contributed by atoms with van der Waals surface area (Å²) in [7, 11) is 0. The fourth-order valence-electron chi connectivity index (χ4n) is 2.55. The molecule has 0 saturated carbocycles. The molecule has 2 unspecified atom stereocenters. The van der Waals surface area contributed by atoms with Crippen molar-refractivity contribution in [1.29, 1.82) is 0 Å². The van der Waals surface area contributed by atoms with Crippen LogP contribution >= 0.6 is 11.3 Å². The number of nitrogens with one attached hydrogen (secondary N) is 1. The van der Waals surface area contributed by atoms with E-state index in [2.05, 4.69) is 36.4 Å². The quantitative estimate of drug-likeness (QED) is 0.892. The zero-order valence-corrected chi connectivity index (χ0v) is 11.9. The number of hydrogen-bond acceptors (Lipinski definition) is 4. The lowest BCUT2D eigenvalue weighted by molar-refractivity contribution is 0.165. The van der Waals surface area contributed by atoms with E-state index in [-0.39, 0.29) is 0 Å². The molecule has 96 valence electrons. The minimum atomic E-state index is 0.590. The lowest BCUT2D eigenvalue weighted by atomic mass is 10.1. The molecule has 0 spiro atoms. The van der Waals surface area contributed by atoms with Gasteiger partial charge in [0.1, 0.15) is 0 Å². The van der Waals surface area contributed by atoms with Crippen molar-refractivity contribution in [2.45, 2.75) is 52.2 Å². The summed E-state index contributed by atoms with van der Waals surface area (Å²) in [5.74, 6) is 0. The first-order chi connectivity index (χ1) is 8.17. The smallest absolute Gasteiger partial charge is 0.0928 e. The molecule has 1 N–H and O–H groups in total. The van der Waals surface area contributed by atoms with Crippen LogP contribution in [0, 0.1) is 0 Å². The zero-order chi connectivity index (χ0) is 12.3. The van der Waals surface area contributed by atoms with Crippen LogP contribution in [0.15, 0.2) is 5.38 Å². The first-order valence-electron chi connectivity index (χ1n) is 6.59. The van der Waals surface area contributed by atoms with Gasteiger partial charge in [-0.3, -0.25) is 4.90 Å². The summed E-state index contributed by atoms with van der Waals surface area (Å²) in [6, 6.07) is 1.18. The van der Waals surface area contributed by atoms with Gasteiger partial charge in [-0.1, -0.05) is 6.92 Å². The largest absolute Gasteiger partial charge is 0.309 e. The van der Waals surface area contributed by atoms with E-state index >= 15 is 0 Å². The van der Waals surface area contributed by atoms with Gasteiger partial charge < -0.3 is 5.32 Å². The molecule has 2 rings (SSSR count). The molecule has 1 aromatic heterocycles. The van der Waals surface area contributed by atoms with Crippen molar-refractivity contribution in [2.75, 3.05) is 13.1 Å². The lowest BCUT2D eigenvalue weighted by Crippen LogP contribution is -2.53. The maximum atomic E-state index is 4.70. The molecule has 2 atom stereocenters. The maximum absolute atomic E-state index is 4.70. The van der Waals surface area contributed by atoms with Crippen molar-refractivity contribution >= 4 is 11.3 Å². The molecule has 1 saturated heterocycles. The van der Waals surface area contributed by atoms with E-state index < -0.39 is 0 Å². The van der Waals surface area contributed by atoms with Crippen molar-refractivity contribution in [3.05, 3.63) is 16.1 Å². The van der Waals surface area contributed by atoms with E-state index in [9.17, 15) is 0 Å². The standard InChI is InChI=1S/C13H23N3S/c1-4-5-13-15-12(9-17-13)8-16-6-10(2)14-11(3)7-16/h9-11,14H,4-8H2,1-3H3. The van der Waals surface area contributed by atoms with E-state index in [4.69, 9.17) is 4.98 Å². The molecule has 1 aromatic rings. The minimum Gasteiger partial charge on any atom is -0.309 e. The van der Waals surface area contributed by atoms with Crippen LogP contribution in [-0.2, 0) is 13.0 Å². The van der Waals surface area contributed by atoms with Gasteiger partial charge >= 0.3 is 0 Å². The predicted molar refractivity (Wildman–Crippen MR) is 73.4 cm³/mol. The molecule has 1 fully saturated rings. The van der Waals surface area contributed by atoms with Crippen LogP contribution in [0.3, 0.4) is 0 Å². The fraction of sp³-hybridized carbons (Fsp3) is 0.769. The summed E-state index contributed by atoms with van der Waals surface area (Å²) in [6.45, 7) is 9.99. The Kier molecular flexibility index (Phi) is 4.54. The third-order valence-electron chi connectivity index (χ3n) is 3.08. The van der Waals surface area contributed by atoms with Crippen LogP contribution in [0.5, 0.6) is 0 Å². The van der Waals surface area contributed by atoms with Crippen LogP contribution in [-0.4, -0.2) is 35.1 Å².